The topological polar surface area (TPSA) is 48.2 Å². The Bertz CT molecular complexity index is 164. The molecule has 0 heterocycles. The van der Waals surface area contributed by atoms with Gasteiger partial charge in [-0.25, -0.2) is 5.53 Å². The van der Waals surface area contributed by atoms with Crippen molar-refractivity contribution in [3.63, 3.8) is 0 Å². The van der Waals surface area contributed by atoms with Gasteiger partial charge in [0.15, 0.2) is 0 Å². The lowest BCUT2D eigenvalue weighted by molar-refractivity contribution is 0.642. The summed E-state index contributed by atoms with van der Waals surface area (Å²) in [6.07, 6.45) is 8.91. The van der Waals surface area contributed by atoms with E-state index in [9.17, 15) is 0 Å². The maximum Gasteiger partial charge on any atom is 0.0779 e. The van der Waals surface area contributed by atoms with Crippen LogP contribution in [0.2, 0.25) is 0 Å². The van der Waals surface area contributed by atoms with Crippen molar-refractivity contribution in [1.82, 2.24) is 5.32 Å². The molecule has 0 radical (unpaired) electrons. The lowest BCUT2D eigenvalue weighted by atomic mass is 10.2. The van der Waals surface area contributed by atoms with E-state index in [4.69, 9.17) is 5.53 Å². The number of nitrogens with one attached hydrogen (secondary N) is 2. The summed E-state index contributed by atoms with van der Waals surface area (Å²) in [7, 11) is 0. The molecule has 0 saturated heterocycles. The van der Waals surface area contributed by atoms with Crippen LogP contribution in [0.25, 0.3) is 0 Å². The van der Waals surface area contributed by atoms with Crippen molar-refractivity contribution in [1.29, 1.82) is 5.53 Å². The minimum absolute atomic E-state index is 0.850. The quantitative estimate of drug-likeness (QED) is 0.428. The van der Waals surface area contributed by atoms with Gasteiger partial charge in [0, 0.05) is 12.7 Å². The van der Waals surface area contributed by atoms with Crippen LogP contribution >= 0.6 is 0 Å². The van der Waals surface area contributed by atoms with Crippen molar-refractivity contribution in [2.75, 3.05) is 6.54 Å². The molecule has 0 aromatic rings. The molecule has 82 valence electrons. The molecule has 3 nitrogen and oxygen atoms in total. The van der Waals surface area contributed by atoms with Gasteiger partial charge in [-0.3, -0.25) is 0 Å². The van der Waals surface area contributed by atoms with Gasteiger partial charge in [-0.05, 0) is 12.8 Å². The van der Waals surface area contributed by atoms with Crippen LogP contribution in [-0.4, -0.2) is 6.54 Å². The van der Waals surface area contributed by atoms with E-state index in [0.717, 1.165) is 25.1 Å². The van der Waals surface area contributed by atoms with Gasteiger partial charge in [-0.1, -0.05) is 39.5 Å². The molecule has 2 N–H and O–H groups in total. The average Bonchev–Trinajstić information content (AvgIpc) is 2.21. The highest BCUT2D eigenvalue weighted by Gasteiger charge is 1.91. The fourth-order valence-corrected chi connectivity index (χ4v) is 1.26. The number of allylic oxidation sites excluding steroid dienone is 1. The summed E-state index contributed by atoms with van der Waals surface area (Å²) in [6.45, 7) is 5.31. The molecule has 0 aliphatic carbocycles. The van der Waals surface area contributed by atoms with E-state index >= 15 is 0 Å². The molecular formula is C11H23N3. The third-order valence-corrected chi connectivity index (χ3v) is 2.09. The molecule has 3 heteroatoms. The van der Waals surface area contributed by atoms with E-state index in [2.05, 4.69) is 24.3 Å². The number of unbranched alkanes of at least 4 members (excludes halogenated alkanes) is 3. The Morgan fingerprint density at radius 1 is 1.21 bits per heavy atom. The zero-order chi connectivity index (χ0) is 10.6. The average molecular weight is 197 g/mol. The SMILES string of the molecule is CCCCCCN/C=C(/CCC)N=N. The molecule has 0 saturated carbocycles. The van der Waals surface area contributed by atoms with Crippen LogP contribution in [0.4, 0.5) is 0 Å². The first-order valence-corrected chi connectivity index (χ1v) is 5.65. The van der Waals surface area contributed by atoms with E-state index < -0.39 is 0 Å². The van der Waals surface area contributed by atoms with Gasteiger partial charge in [0.05, 0.1) is 5.70 Å². The summed E-state index contributed by atoms with van der Waals surface area (Å²) >= 11 is 0. The van der Waals surface area contributed by atoms with Crippen molar-refractivity contribution in [3.05, 3.63) is 11.9 Å². The van der Waals surface area contributed by atoms with Crippen LogP contribution in [0.1, 0.15) is 52.4 Å². The van der Waals surface area contributed by atoms with Gasteiger partial charge in [0.25, 0.3) is 0 Å². The maximum absolute atomic E-state index is 6.93. The molecule has 0 aromatic heterocycles. The lowest BCUT2D eigenvalue weighted by Gasteiger charge is -2.02. The molecule has 14 heavy (non-hydrogen) atoms. The molecule has 0 amide bonds. The predicted molar refractivity (Wildman–Crippen MR) is 60.3 cm³/mol. The zero-order valence-electron chi connectivity index (χ0n) is 9.47. The Labute approximate surface area is 87.5 Å². The van der Waals surface area contributed by atoms with Gasteiger partial charge in [-0.15, -0.1) is 0 Å². The highest BCUT2D eigenvalue weighted by atomic mass is 15.0. The Balaban J connectivity index is 3.42. The highest BCUT2D eigenvalue weighted by Crippen LogP contribution is 2.04. The first-order chi connectivity index (χ1) is 6.85. The van der Waals surface area contributed by atoms with Crippen molar-refractivity contribution in [2.45, 2.75) is 52.4 Å². The van der Waals surface area contributed by atoms with E-state index in [1.807, 2.05) is 6.20 Å². The Morgan fingerprint density at radius 3 is 2.57 bits per heavy atom. The van der Waals surface area contributed by atoms with Gasteiger partial charge in [0.2, 0.25) is 0 Å². The van der Waals surface area contributed by atoms with Crippen molar-refractivity contribution in [2.24, 2.45) is 5.11 Å². The standard InChI is InChI=1S/C11H23N3/c1-3-5-6-7-9-13-10-11(14-12)8-4-2/h10,12-13H,3-9H2,1-2H3/b11-10-,14-12?. The summed E-state index contributed by atoms with van der Waals surface area (Å²) in [6, 6.07) is 0. The zero-order valence-corrected chi connectivity index (χ0v) is 9.47. The summed E-state index contributed by atoms with van der Waals surface area (Å²) in [5, 5.41) is 6.66. The molecule has 0 fully saturated rings. The molecule has 0 aromatic carbocycles. The molecule has 0 atom stereocenters. The summed E-state index contributed by atoms with van der Waals surface area (Å²) in [5.74, 6) is 0. The number of rotatable bonds is 9. The van der Waals surface area contributed by atoms with Crippen LogP contribution in [-0.2, 0) is 0 Å². The Morgan fingerprint density at radius 2 is 2.00 bits per heavy atom. The third-order valence-electron chi connectivity index (χ3n) is 2.09. The van der Waals surface area contributed by atoms with Crippen LogP contribution < -0.4 is 5.32 Å². The van der Waals surface area contributed by atoms with Gasteiger partial charge in [-0.2, -0.15) is 5.11 Å². The van der Waals surface area contributed by atoms with E-state index in [1.165, 1.54) is 25.7 Å². The Kier molecular flexibility index (Phi) is 9.59. The van der Waals surface area contributed by atoms with Crippen LogP contribution in [0.15, 0.2) is 17.0 Å². The highest BCUT2D eigenvalue weighted by molar-refractivity contribution is 4.96. The molecule has 0 rings (SSSR count). The van der Waals surface area contributed by atoms with Gasteiger partial charge >= 0.3 is 0 Å². The summed E-state index contributed by atoms with van der Waals surface area (Å²) in [4.78, 5) is 0. The number of nitrogens with zero attached hydrogens (tertiary/aromatic N) is 1. The second kappa shape index (κ2) is 10.2. The molecule has 0 spiro atoms. The monoisotopic (exact) mass is 197 g/mol. The largest absolute Gasteiger partial charge is 0.389 e. The van der Waals surface area contributed by atoms with Crippen molar-refractivity contribution >= 4 is 0 Å². The Hall–Kier alpha value is -0.860. The summed E-state index contributed by atoms with van der Waals surface area (Å²) in [5.41, 5.74) is 7.78. The van der Waals surface area contributed by atoms with Gasteiger partial charge in [0.1, 0.15) is 0 Å². The normalized spacial score (nSPS) is 11.4. The fraction of sp³-hybridized carbons (Fsp3) is 0.818. The minimum Gasteiger partial charge on any atom is -0.389 e. The molecule has 0 bridgehead atoms. The molecule has 0 unspecified atom stereocenters. The predicted octanol–water partition coefficient (Wildman–Crippen LogP) is 3.83. The second-order valence-electron chi connectivity index (χ2n) is 3.51. The third kappa shape index (κ3) is 7.77. The van der Waals surface area contributed by atoms with Crippen LogP contribution in [0.5, 0.6) is 0 Å². The number of hydrogen-bond donors (Lipinski definition) is 2. The molecule has 0 aliphatic heterocycles. The van der Waals surface area contributed by atoms with Crippen LogP contribution in [0, 0.1) is 5.53 Å². The summed E-state index contributed by atoms with van der Waals surface area (Å²) < 4.78 is 0. The minimum atomic E-state index is 0.850. The first kappa shape index (κ1) is 13.1. The van der Waals surface area contributed by atoms with E-state index in [0.29, 0.717) is 0 Å². The maximum atomic E-state index is 6.93. The molecular weight excluding hydrogens is 174 g/mol. The first-order valence-electron chi connectivity index (χ1n) is 5.65. The lowest BCUT2D eigenvalue weighted by Crippen LogP contribution is -2.07. The molecule has 0 aliphatic rings. The van der Waals surface area contributed by atoms with Gasteiger partial charge < -0.3 is 5.32 Å². The smallest absolute Gasteiger partial charge is 0.0779 e. The van der Waals surface area contributed by atoms with Crippen molar-refractivity contribution < 1.29 is 0 Å². The second-order valence-corrected chi connectivity index (χ2v) is 3.51. The number of hydrogen-bond acceptors (Lipinski definition) is 3. The van der Waals surface area contributed by atoms with Crippen molar-refractivity contribution in [3.8, 4) is 0 Å². The van der Waals surface area contributed by atoms with E-state index in [-0.39, 0.29) is 0 Å². The van der Waals surface area contributed by atoms with E-state index in [1.54, 1.807) is 0 Å². The van der Waals surface area contributed by atoms with Crippen LogP contribution in [0.3, 0.4) is 0 Å². The fourth-order valence-electron chi connectivity index (χ4n) is 1.26.